The van der Waals surface area contributed by atoms with Gasteiger partial charge in [0.15, 0.2) is 0 Å². The molecule has 0 aromatic rings. The zero-order chi connectivity index (χ0) is 8.55. The summed E-state index contributed by atoms with van der Waals surface area (Å²) in [5, 5.41) is 0. The quantitative estimate of drug-likeness (QED) is 0.572. The molecule has 1 heteroatoms. The summed E-state index contributed by atoms with van der Waals surface area (Å²) >= 11 is 0. The molecule has 0 aliphatic heterocycles. The third kappa shape index (κ3) is 1.34. The molecule has 0 saturated heterocycles. The Kier molecular flexibility index (Phi) is 2.05. The van der Waals surface area contributed by atoms with Crippen molar-refractivity contribution in [1.82, 2.24) is 4.90 Å². The summed E-state index contributed by atoms with van der Waals surface area (Å²) in [6.07, 6.45) is 11.8. The maximum atomic E-state index is 2.37. The fourth-order valence-electron chi connectivity index (χ4n) is 2.35. The molecule has 2 aliphatic rings. The van der Waals surface area contributed by atoms with E-state index in [1.165, 1.54) is 12.8 Å². The lowest BCUT2D eigenvalue weighted by molar-refractivity contribution is 0.293. The lowest BCUT2D eigenvalue weighted by atomic mass is 9.92. The minimum atomic E-state index is 0.799. The summed E-state index contributed by atoms with van der Waals surface area (Å²) in [6.45, 7) is 0. The van der Waals surface area contributed by atoms with E-state index in [-0.39, 0.29) is 0 Å². The highest BCUT2D eigenvalue weighted by atomic mass is 15.1. The highest BCUT2D eigenvalue weighted by Crippen LogP contribution is 2.37. The molecule has 0 aromatic heterocycles. The number of rotatable bonds is 1. The Balaban J connectivity index is 2.05. The van der Waals surface area contributed by atoms with Crippen molar-refractivity contribution in [2.24, 2.45) is 11.8 Å². The van der Waals surface area contributed by atoms with Gasteiger partial charge in [0, 0.05) is 6.04 Å². The Morgan fingerprint density at radius 3 is 1.92 bits per heavy atom. The van der Waals surface area contributed by atoms with E-state index in [1.807, 2.05) is 0 Å². The molecule has 2 rings (SSSR count). The Morgan fingerprint density at radius 2 is 1.50 bits per heavy atom. The summed E-state index contributed by atoms with van der Waals surface area (Å²) < 4.78 is 0. The fraction of sp³-hybridized carbons (Fsp3) is 0.636. The van der Waals surface area contributed by atoms with Gasteiger partial charge >= 0.3 is 0 Å². The number of hydrogen-bond acceptors (Lipinski definition) is 1. The molecule has 0 N–H and O–H groups in total. The maximum absolute atomic E-state index is 2.37. The van der Waals surface area contributed by atoms with Gasteiger partial charge in [0.1, 0.15) is 0 Å². The van der Waals surface area contributed by atoms with Crippen molar-refractivity contribution in [1.29, 1.82) is 0 Å². The predicted octanol–water partition coefficient (Wildman–Crippen LogP) is 2.07. The molecular weight excluding hydrogens is 146 g/mol. The molecule has 0 spiro atoms. The van der Waals surface area contributed by atoms with E-state index in [0.717, 1.165) is 17.9 Å². The van der Waals surface area contributed by atoms with Crippen molar-refractivity contribution in [2.45, 2.75) is 18.9 Å². The van der Waals surface area contributed by atoms with Gasteiger partial charge in [-0.3, -0.25) is 0 Å². The number of hydrogen-bond donors (Lipinski definition) is 0. The normalized spacial score (nSPS) is 39.1. The van der Waals surface area contributed by atoms with Crippen LogP contribution in [0.3, 0.4) is 0 Å². The van der Waals surface area contributed by atoms with Crippen molar-refractivity contribution < 1.29 is 0 Å². The Hall–Kier alpha value is -0.560. The van der Waals surface area contributed by atoms with Gasteiger partial charge < -0.3 is 4.90 Å². The minimum Gasteiger partial charge on any atom is -0.306 e. The molecule has 12 heavy (non-hydrogen) atoms. The Labute approximate surface area is 74.8 Å². The second-order valence-electron chi connectivity index (χ2n) is 4.19. The third-order valence-electron chi connectivity index (χ3n) is 3.20. The molecule has 1 saturated carbocycles. The molecule has 2 aliphatic carbocycles. The first-order valence-corrected chi connectivity index (χ1v) is 4.79. The van der Waals surface area contributed by atoms with Gasteiger partial charge in [-0.1, -0.05) is 24.3 Å². The van der Waals surface area contributed by atoms with Gasteiger partial charge in [0.2, 0.25) is 0 Å². The van der Waals surface area contributed by atoms with Crippen LogP contribution in [0.1, 0.15) is 12.8 Å². The van der Waals surface area contributed by atoms with Gasteiger partial charge in [-0.15, -0.1) is 0 Å². The number of nitrogens with zero attached hydrogens (tertiary/aromatic N) is 1. The van der Waals surface area contributed by atoms with Crippen LogP contribution in [0.4, 0.5) is 0 Å². The molecular formula is C11H17N. The van der Waals surface area contributed by atoms with E-state index in [1.54, 1.807) is 0 Å². The third-order valence-corrected chi connectivity index (χ3v) is 3.20. The van der Waals surface area contributed by atoms with Crippen LogP contribution in [-0.4, -0.2) is 25.0 Å². The van der Waals surface area contributed by atoms with Gasteiger partial charge in [0.05, 0.1) is 0 Å². The molecule has 0 radical (unpaired) electrons. The first kappa shape index (κ1) is 8.06. The van der Waals surface area contributed by atoms with E-state index in [4.69, 9.17) is 0 Å². The SMILES string of the molecule is CN(C)C1CC2C=CC=CC2C1. The minimum absolute atomic E-state index is 0.799. The van der Waals surface area contributed by atoms with Gasteiger partial charge in [-0.2, -0.15) is 0 Å². The lowest BCUT2D eigenvalue weighted by Crippen LogP contribution is -2.24. The van der Waals surface area contributed by atoms with Gasteiger partial charge in [-0.25, -0.2) is 0 Å². The van der Waals surface area contributed by atoms with Crippen molar-refractivity contribution in [3.05, 3.63) is 24.3 Å². The summed E-state index contributed by atoms with van der Waals surface area (Å²) in [6, 6.07) is 0.799. The number of fused-ring (bicyclic) bond motifs is 1. The molecule has 1 fully saturated rings. The molecule has 0 aromatic carbocycles. The van der Waals surface area contributed by atoms with Gasteiger partial charge in [0.25, 0.3) is 0 Å². The van der Waals surface area contributed by atoms with E-state index < -0.39 is 0 Å². The molecule has 0 bridgehead atoms. The first-order chi connectivity index (χ1) is 5.77. The zero-order valence-corrected chi connectivity index (χ0v) is 7.90. The zero-order valence-electron chi connectivity index (χ0n) is 7.90. The average Bonchev–Trinajstić information content (AvgIpc) is 2.46. The summed E-state index contributed by atoms with van der Waals surface area (Å²) in [5.74, 6) is 1.64. The lowest BCUT2D eigenvalue weighted by Gasteiger charge is -2.18. The van der Waals surface area contributed by atoms with Crippen molar-refractivity contribution >= 4 is 0 Å². The van der Waals surface area contributed by atoms with Crippen LogP contribution in [0, 0.1) is 11.8 Å². The molecule has 2 unspecified atom stereocenters. The molecule has 0 heterocycles. The van der Waals surface area contributed by atoms with Crippen molar-refractivity contribution in [3.8, 4) is 0 Å². The van der Waals surface area contributed by atoms with E-state index >= 15 is 0 Å². The smallest absolute Gasteiger partial charge is 0.0101 e. The largest absolute Gasteiger partial charge is 0.306 e. The van der Waals surface area contributed by atoms with Gasteiger partial charge in [-0.05, 0) is 38.8 Å². The fourth-order valence-corrected chi connectivity index (χ4v) is 2.35. The average molecular weight is 163 g/mol. The number of allylic oxidation sites excluding steroid dienone is 4. The maximum Gasteiger partial charge on any atom is 0.0101 e. The van der Waals surface area contributed by atoms with Crippen molar-refractivity contribution in [3.63, 3.8) is 0 Å². The Morgan fingerprint density at radius 1 is 1.00 bits per heavy atom. The van der Waals surface area contributed by atoms with E-state index in [0.29, 0.717) is 0 Å². The van der Waals surface area contributed by atoms with Crippen LogP contribution in [-0.2, 0) is 0 Å². The topological polar surface area (TPSA) is 3.24 Å². The molecule has 66 valence electrons. The van der Waals surface area contributed by atoms with Crippen LogP contribution < -0.4 is 0 Å². The molecule has 2 atom stereocenters. The summed E-state index contributed by atoms with van der Waals surface area (Å²) in [5.41, 5.74) is 0. The van der Waals surface area contributed by atoms with Crippen molar-refractivity contribution in [2.75, 3.05) is 14.1 Å². The highest BCUT2D eigenvalue weighted by molar-refractivity contribution is 5.17. The van der Waals surface area contributed by atoms with Crippen LogP contribution in [0.5, 0.6) is 0 Å². The first-order valence-electron chi connectivity index (χ1n) is 4.79. The van der Waals surface area contributed by atoms with E-state index in [2.05, 4.69) is 43.3 Å². The van der Waals surface area contributed by atoms with E-state index in [9.17, 15) is 0 Å². The second kappa shape index (κ2) is 3.06. The standard InChI is InChI=1S/C11H17N/c1-12(2)11-7-9-5-3-4-6-10(9)8-11/h3-6,9-11H,7-8H2,1-2H3. The predicted molar refractivity (Wildman–Crippen MR) is 52.0 cm³/mol. The second-order valence-corrected chi connectivity index (χ2v) is 4.19. The summed E-state index contributed by atoms with van der Waals surface area (Å²) in [7, 11) is 4.38. The summed E-state index contributed by atoms with van der Waals surface area (Å²) in [4.78, 5) is 2.36. The Bertz CT molecular complexity index is 195. The van der Waals surface area contributed by atoms with Crippen LogP contribution in [0.25, 0.3) is 0 Å². The van der Waals surface area contributed by atoms with Crippen LogP contribution >= 0.6 is 0 Å². The van der Waals surface area contributed by atoms with Crippen LogP contribution in [0.15, 0.2) is 24.3 Å². The highest BCUT2D eigenvalue weighted by Gasteiger charge is 2.32. The van der Waals surface area contributed by atoms with Crippen LogP contribution in [0.2, 0.25) is 0 Å². The molecule has 1 nitrogen and oxygen atoms in total. The monoisotopic (exact) mass is 163 g/mol. The molecule has 0 amide bonds.